The zero-order valence-electron chi connectivity index (χ0n) is 14.9. The molecule has 2 amide bonds. The van der Waals surface area contributed by atoms with Crippen molar-refractivity contribution in [1.82, 2.24) is 20.1 Å². The topological polar surface area (TPSA) is 121 Å². The van der Waals surface area contributed by atoms with Crippen LogP contribution in [0.25, 0.3) is 0 Å². The second-order valence-corrected chi connectivity index (χ2v) is 6.96. The molecule has 0 radical (unpaired) electrons. The Bertz CT molecular complexity index is 825. The fourth-order valence-electron chi connectivity index (χ4n) is 2.50. The highest BCUT2D eigenvalue weighted by Crippen LogP contribution is 2.30. The van der Waals surface area contributed by atoms with E-state index >= 15 is 0 Å². The molecule has 27 heavy (non-hydrogen) atoms. The summed E-state index contributed by atoms with van der Waals surface area (Å²) in [5, 5.41) is 11.5. The predicted molar refractivity (Wildman–Crippen MR) is 98.6 cm³/mol. The van der Waals surface area contributed by atoms with E-state index in [1.165, 1.54) is 11.8 Å². The molecule has 1 aromatic heterocycles. The lowest BCUT2D eigenvalue weighted by Crippen LogP contribution is -2.41. The van der Waals surface area contributed by atoms with E-state index in [0.717, 1.165) is 0 Å². The molecule has 1 atom stereocenters. The molecule has 0 bridgehead atoms. The summed E-state index contributed by atoms with van der Waals surface area (Å²) >= 11 is 1.27. The third-order valence-electron chi connectivity index (χ3n) is 3.95. The normalized spacial score (nSPS) is 15.4. The number of thioether (sulfide) groups is 1. The number of ether oxygens (including phenoxy) is 2. The van der Waals surface area contributed by atoms with E-state index in [0.29, 0.717) is 42.1 Å². The number of carbonyl (C=O) groups excluding carboxylic acids is 2. The van der Waals surface area contributed by atoms with Gasteiger partial charge < -0.3 is 25.1 Å². The van der Waals surface area contributed by atoms with E-state index in [1.807, 2.05) is 24.3 Å². The monoisotopic (exact) mass is 391 g/mol. The van der Waals surface area contributed by atoms with Gasteiger partial charge in [0.25, 0.3) is 0 Å². The lowest BCUT2D eigenvalue weighted by Gasteiger charge is -2.26. The Balaban J connectivity index is 1.42. The van der Waals surface area contributed by atoms with Crippen molar-refractivity contribution in [3.05, 3.63) is 30.1 Å². The number of carbonyl (C=O) groups is 2. The van der Waals surface area contributed by atoms with Crippen LogP contribution in [-0.2, 0) is 23.1 Å². The van der Waals surface area contributed by atoms with Crippen LogP contribution in [0.3, 0.4) is 0 Å². The van der Waals surface area contributed by atoms with Gasteiger partial charge in [-0.2, -0.15) is 0 Å². The molecule has 1 aliphatic heterocycles. The number of nitrogens with two attached hydrogens (primary N) is 1. The maximum absolute atomic E-state index is 12.1. The SMILES string of the molecule is Cn1c(CCC(N)=O)nnc1SCC(=O)NC[C@H]1COc2ccccc2O1. The molecular weight excluding hydrogens is 370 g/mol. The van der Waals surface area contributed by atoms with Crippen molar-refractivity contribution in [3.63, 3.8) is 0 Å². The van der Waals surface area contributed by atoms with Crippen LogP contribution in [0.4, 0.5) is 0 Å². The van der Waals surface area contributed by atoms with Gasteiger partial charge in [-0.15, -0.1) is 10.2 Å². The van der Waals surface area contributed by atoms with E-state index in [-0.39, 0.29) is 30.1 Å². The second-order valence-electron chi connectivity index (χ2n) is 6.01. The van der Waals surface area contributed by atoms with Crippen LogP contribution in [0.15, 0.2) is 29.4 Å². The number of aromatic nitrogens is 3. The minimum absolute atomic E-state index is 0.135. The van der Waals surface area contributed by atoms with E-state index in [4.69, 9.17) is 15.2 Å². The average molecular weight is 391 g/mol. The van der Waals surface area contributed by atoms with Gasteiger partial charge in [0, 0.05) is 19.9 Å². The van der Waals surface area contributed by atoms with Crippen molar-refractivity contribution in [2.75, 3.05) is 18.9 Å². The van der Waals surface area contributed by atoms with Crippen LogP contribution >= 0.6 is 11.8 Å². The number of amides is 2. The maximum atomic E-state index is 12.1. The Hall–Kier alpha value is -2.75. The number of hydrogen-bond donors (Lipinski definition) is 2. The summed E-state index contributed by atoms with van der Waals surface area (Å²) < 4.78 is 13.2. The highest BCUT2D eigenvalue weighted by molar-refractivity contribution is 7.99. The van der Waals surface area contributed by atoms with E-state index in [2.05, 4.69) is 15.5 Å². The van der Waals surface area contributed by atoms with Crippen molar-refractivity contribution < 1.29 is 19.1 Å². The van der Waals surface area contributed by atoms with Crippen LogP contribution in [0.5, 0.6) is 11.5 Å². The molecule has 3 N–H and O–H groups in total. The standard InChI is InChI=1S/C17H21N5O4S/c1-22-15(7-6-14(18)23)20-21-17(22)27-10-16(24)19-8-11-9-25-12-4-2-3-5-13(12)26-11/h2-5,11H,6-10H2,1H3,(H2,18,23)(H,19,24)/t11-/m0/s1. The van der Waals surface area contributed by atoms with Crippen LogP contribution in [-0.4, -0.2) is 51.6 Å². The molecule has 1 aliphatic rings. The van der Waals surface area contributed by atoms with Crippen molar-refractivity contribution >= 4 is 23.6 Å². The molecule has 9 nitrogen and oxygen atoms in total. The molecule has 0 saturated carbocycles. The fourth-order valence-corrected chi connectivity index (χ4v) is 3.26. The van der Waals surface area contributed by atoms with Crippen molar-refractivity contribution in [2.24, 2.45) is 12.8 Å². The smallest absolute Gasteiger partial charge is 0.230 e. The Kier molecular flexibility index (Phi) is 6.17. The zero-order chi connectivity index (χ0) is 19.2. The summed E-state index contributed by atoms with van der Waals surface area (Å²) in [7, 11) is 1.79. The minimum atomic E-state index is -0.386. The van der Waals surface area contributed by atoms with E-state index in [1.54, 1.807) is 11.6 Å². The Morgan fingerprint density at radius 2 is 2.11 bits per heavy atom. The van der Waals surface area contributed by atoms with Gasteiger partial charge in [0.2, 0.25) is 11.8 Å². The molecule has 0 aliphatic carbocycles. The van der Waals surface area contributed by atoms with Crippen LogP contribution in [0, 0.1) is 0 Å². The number of fused-ring (bicyclic) bond motifs is 1. The molecule has 144 valence electrons. The first-order valence-electron chi connectivity index (χ1n) is 8.47. The lowest BCUT2D eigenvalue weighted by molar-refractivity contribution is -0.119. The van der Waals surface area contributed by atoms with Gasteiger partial charge in [0.1, 0.15) is 18.5 Å². The summed E-state index contributed by atoms with van der Waals surface area (Å²) in [5.74, 6) is 1.73. The minimum Gasteiger partial charge on any atom is -0.486 e. The quantitative estimate of drug-likeness (QED) is 0.620. The molecule has 0 fully saturated rings. The number of rotatable bonds is 8. The van der Waals surface area contributed by atoms with E-state index < -0.39 is 0 Å². The molecule has 0 spiro atoms. The number of primary amides is 1. The number of hydrogen-bond acceptors (Lipinski definition) is 7. The van der Waals surface area contributed by atoms with Crippen molar-refractivity contribution in [1.29, 1.82) is 0 Å². The lowest BCUT2D eigenvalue weighted by atomic mass is 10.2. The van der Waals surface area contributed by atoms with Crippen LogP contribution in [0.1, 0.15) is 12.2 Å². The molecule has 2 heterocycles. The molecule has 1 aromatic carbocycles. The maximum Gasteiger partial charge on any atom is 0.230 e. The molecule has 10 heteroatoms. The molecule has 0 unspecified atom stereocenters. The van der Waals surface area contributed by atoms with Gasteiger partial charge in [-0.25, -0.2) is 0 Å². The van der Waals surface area contributed by atoms with Gasteiger partial charge in [-0.1, -0.05) is 23.9 Å². The second kappa shape index (κ2) is 8.76. The number of para-hydroxylation sites is 2. The largest absolute Gasteiger partial charge is 0.486 e. The number of nitrogens with zero attached hydrogens (tertiary/aromatic N) is 3. The highest BCUT2D eigenvalue weighted by atomic mass is 32.2. The van der Waals surface area contributed by atoms with Gasteiger partial charge in [0.05, 0.1) is 12.3 Å². The van der Waals surface area contributed by atoms with Gasteiger partial charge in [0.15, 0.2) is 16.7 Å². The summed E-state index contributed by atoms with van der Waals surface area (Å²) in [5.41, 5.74) is 5.14. The predicted octanol–water partition coefficient (Wildman–Crippen LogP) is 0.281. The zero-order valence-corrected chi connectivity index (χ0v) is 15.7. The Labute approximate surface area is 160 Å². The van der Waals surface area contributed by atoms with Gasteiger partial charge in [-0.05, 0) is 12.1 Å². The third-order valence-corrected chi connectivity index (χ3v) is 4.97. The molecule has 0 saturated heterocycles. The van der Waals surface area contributed by atoms with Gasteiger partial charge in [-0.3, -0.25) is 9.59 Å². The molecule has 3 rings (SSSR count). The number of benzene rings is 1. The summed E-state index contributed by atoms with van der Waals surface area (Å²) in [4.78, 5) is 23.0. The van der Waals surface area contributed by atoms with Crippen LogP contribution in [0.2, 0.25) is 0 Å². The fraction of sp³-hybridized carbons (Fsp3) is 0.412. The van der Waals surface area contributed by atoms with Crippen LogP contribution < -0.4 is 20.5 Å². The summed E-state index contributed by atoms with van der Waals surface area (Å²) in [6.07, 6.45) is 0.402. The highest BCUT2D eigenvalue weighted by Gasteiger charge is 2.21. The van der Waals surface area contributed by atoms with Gasteiger partial charge >= 0.3 is 0 Å². The first kappa shape index (κ1) is 19.0. The Morgan fingerprint density at radius 3 is 2.89 bits per heavy atom. The number of nitrogens with one attached hydrogen (secondary N) is 1. The Morgan fingerprint density at radius 1 is 1.33 bits per heavy atom. The summed E-state index contributed by atoms with van der Waals surface area (Å²) in [6, 6.07) is 7.44. The van der Waals surface area contributed by atoms with E-state index in [9.17, 15) is 9.59 Å². The average Bonchev–Trinajstić information content (AvgIpc) is 3.02. The third kappa shape index (κ3) is 5.13. The summed E-state index contributed by atoms with van der Waals surface area (Å²) in [6.45, 7) is 0.743. The molecular formula is C17H21N5O4S. The number of aryl methyl sites for hydroxylation is 1. The molecule has 2 aromatic rings. The van der Waals surface area contributed by atoms with Crippen molar-refractivity contribution in [2.45, 2.75) is 24.1 Å². The first-order chi connectivity index (χ1) is 13.0. The van der Waals surface area contributed by atoms with Crippen molar-refractivity contribution in [3.8, 4) is 11.5 Å². The first-order valence-corrected chi connectivity index (χ1v) is 9.46.